The monoisotopic (exact) mass is 357 g/mol. The van der Waals surface area contributed by atoms with Crippen LogP contribution in [-0.2, 0) is 15.1 Å². The molecule has 26 heavy (non-hydrogen) atoms. The van der Waals surface area contributed by atoms with Crippen LogP contribution in [0.2, 0.25) is 0 Å². The van der Waals surface area contributed by atoms with Gasteiger partial charge in [0.25, 0.3) is 5.91 Å². The van der Waals surface area contributed by atoms with Gasteiger partial charge in [-0.25, -0.2) is 4.79 Å². The summed E-state index contributed by atoms with van der Waals surface area (Å²) in [4.78, 5) is 41.1. The number of amides is 4. The van der Waals surface area contributed by atoms with Crippen LogP contribution in [0.3, 0.4) is 0 Å². The maximum absolute atomic E-state index is 13.1. The van der Waals surface area contributed by atoms with Crippen LogP contribution in [0.15, 0.2) is 24.3 Å². The first-order chi connectivity index (χ1) is 12.5. The summed E-state index contributed by atoms with van der Waals surface area (Å²) in [5.41, 5.74) is -0.464. The molecule has 7 heteroatoms. The molecule has 3 aliphatic rings. The van der Waals surface area contributed by atoms with E-state index in [1.807, 2.05) is 12.1 Å². The predicted molar refractivity (Wildman–Crippen MR) is 93.5 cm³/mol. The van der Waals surface area contributed by atoms with Gasteiger partial charge in [0.05, 0.1) is 6.61 Å². The third kappa shape index (κ3) is 2.62. The number of likely N-dealkylation sites (tertiary alicyclic amines) is 1. The zero-order chi connectivity index (χ0) is 18.3. The molecule has 4 rings (SSSR count). The van der Waals surface area contributed by atoms with Crippen LogP contribution in [-0.4, -0.2) is 53.9 Å². The summed E-state index contributed by atoms with van der Waals surface area (Å²) >= 11 is 0. The molecule has 0 unspecified atom stereocenters. The Balaban J connectivity index is 1.54. The molecular formula is C19H23N3O4. The number of hydrogen-bond donors (Lipinski definition) is 1. The molecule has 138 valence electrons. The topological polar surface area (TPSA) is 79.0 Å². The van der Waals surface area contributed by atoms with Gasteiger partial charge in [-0.3, -0.25) is 14.5 Å². The van der Waals surface area contributed by atoms with Crippen LogP contribution >= 0.6 is 0 Å². The molecule has 0 aromatic heterocycles. The molecule has 3 heterocycles. The van der Waals surface area contributed by atoms with E-state index in [9.17, 15) is 14.4 Å². The largest absolute Gasteiger partial charge is 0.493 e. The third-order valence-corrected chi connectivity index (χ3v) is 5.69. The van der Waals surface area contributed by atoms with Crippen molar-refractivity contribution in [3.05, 3.63) is 29.8 Å². The second kappa shape index (κ2) is 6.30. The summed E-state index contributed by atoms with van der Waals surface area (Å²) in [6.07, 6.45) is 2.28. The molecule has 2 fully saturated rings. The Morgan fingerprint density at radius 1 is 1.27 bits per heavy atom. The Labute approximate surface area is 152 Å². The minimum Gasteiger partial charge on any atom is -0.493 e. The SMILES string of the molecule is CC1CCN(C(=O)CN2C(=O)N[C@]3(CCOc4ccccc43)C2=O)CC1. The quantitative estimate of drug-likeness (QED) is 0.813. The van der Waals surface area contributed by atoms with Gasteiger partial charge in [-0.1, -0.05) is 25.1 Å². The Kier molecular flexibility index (Phi) is 4.09. The average Bonchev–Trinajstić information content (AvgIpc) is 2.87. The molecule has 1 N–H and O–H groups in total. The van der Waals surface area contributed by atoms with E-state index >= 15 is 0 Å². The van der Waals surface area contributed by atoms with E-state index in [0.717, 1.165) is 17.7 Å². The van der Waals surface area contributed by atoms with Gasteiger partial charge in [-0.05, 0) is 24.8 Å². The van der Waals surface area contributed by atoms with Crippen molar-refractivity contribution >= 4 is 17.8 Å². The molecule has 1 atom stereocenters. The first-order valence-corrected chi connectivity index (χ1v) is 9.15. The number of ether oxygens (including phenoxy) is 1. The second-order valence-corrected chi connectivity index (χ2v) is 7.38. The third-order valence-electron chi connectivity index (χ3n) is 5.69. The number of nitrogens with zero attached hydrogens (tertiary/aromatic N) is 2. The van der Waals surface area contributed by atoms with Gasteiger partial charge < -0.3 is 15.0 Å². The normalized spacial score (nSPS) is 25.9. The van der Waals surface area contributed by atoms with E-state index in [0.29, 0.717) is 43.3 Å². The standard InChI is InChI=1S/C19H23N3O4/c1-13-6-9-21(10-7-13)16(23)12-22-17(24)19(20-18(22)25)8-11-26-15-5-3-2-4-14(15)19/h2-5,13H,6-12H2,1H3,(H,20,25)/t19-/m0/s1. The number of hydrogen-bond acceptors (Lipinski definition) is 4. The van der Waals surface area contributed by atoms with Crippen molar-refractivity contribution in [2.45, 2.75) is 31.7 Å². The molecular weight excluding hydrogens is 334 g/mol. The highest BCUT2D eigenvalue weighted by molar-refractivity contribution is 6.09. The van der Waals surface area contributed by atoms with E-state index in [-0.39, 0.29) is 18.4 Å². The highest BCUT2D eigenvalue weighted by Crippen LogP contribution is 2.40. The van der Waals surface area contributed by atoms with Crippen LogP contribution in [0.1, 0.15) is 31.7 Å². The van der Waals surface area contributed by atoms with Crippen molar-refractivity contribution in [2.24, 2.45) is 5.92 Å². The molecule has 0 bridgehead atoms. The number of benzene rings is 1. The van der Waals surface area contributed by atoms with Crippen LogP contribution in [0.25, 0.3) is 0 Å². The second-order valence-electron chi connectivity index (χ2n) is 7.38. The average molecular weight is 357 g/mol. The van der Waals surface area contributed by atoms with Crippen LogP contribution in [0.5, 0.6) is 5.75 Å². The molecule has 0 saturated carbocycles. The number of nitrogens with one attached hydrogen (secondary N) is 1. The highest BCUT2D eigenvalue weighted by atomic mass is 16.5. The molecule has 7 nitrogen and oxygen atoms in total. The Hall–Kier alpha value is -2.57. The van der Waals surface area contributed by atoms with E-state index in [1.54, 1.807) is 17.0 Å². The van der Waals surface area contributed by atoms with Gasteiger partial charge in [0, 0.05) is 25.1 Å². The predicted octanol–water partition coefficient (Wildman–Crippen LogP) is 1.47. The van der Waals surface area contributed by atoms with E-state index < -0.39 is 11.6 Å². The number of fused-ring (bicyclic) bond motifs is 2. The lowest BCUT2D eigenvalue weighted by molar-refractivity contribution is -0.140. The highest BCUT2D eigenvalue weighted by Gasteiger charge is 2.55. The number of carbonyl (C=O) groups excluding carboxylic acids is 3. The van der Waals surface area contributed by atoms with Crippen molar-refractivity contribution in [1.82, 2.24) is 15.1 Å². The lowest BCUT2D eigenvalue weighted by Crippen LogP contribution is -2.49. The molecule has 4 amide bonds. The smallest absolute Gasteiger partial charge is 0.325 e. The van der Waals surface area contributed by atoms with E-state index in [1.165, 1.54) is 0 Å². The zero-order valence-corrected chi connectivity index (χ0v) is 14.9. The summed E-state index contributed by atoms with van der Waals surface area (Å²) in [6, 6.07) is 6.72. The summed E-state index contributed by atoms with van der Waals surface area (Å²) in [5.74, 6) is 0.679. The first-order valence-electron chi connectivity index (χ1n) is 9.15. The van der Waals surface area contributed by atoms with Crippen LogP contribution < -0.4 is 10.1 Å². The van der Waals surface area contributed by atoms with Gasteiger partial charge >= 0.3 is 6.03 Å². The molecule has 1 spiro atoms. The van der Waals surface area contributed by atoms with Gasteiger partial charge in [0.15, 0.2) is 5.54 Å². The van der Waals surface area contributed by atoms with Crippen molar-refractivity contribution in [3.63, 3.8) is 0 Å². The number of imide groups is 1. The Bertz CT molecular complexity index is 757. The number of rotatable bonds is 2. The summed E-state index contributed by atoms with van der Waals surface area (Å²) in [7, 11) is 0. The Morgan fingerprint density at radius 2 is 2.00 bits per heavy atom. The molecule has 1 aromatic carbocycles. The number of piperidine rings is 1. The van der Waals surface area contributed by atoms with Crippen LogP contribution in [0, 0.1) is 5.92 Å². The molecule has 2 saturated heterocycles. The lowest BCUT2D eigenvalue weighted by Gasteiger charge is -2.33. The summed E-state index contributed by atoms with van der Waals surface area (Å²) in [5, 5.41) is 2.83. The first kappa shape index (κ1) is 16.9. The minimum absolute atomic E-state index is 0.169. The van der Waals surface area contributed by atoms with Crippen molar-refractivity contribution in [3.8, 4) is 5.75 Å². The summed E-state index contributed by atoms with van der Waals surface area (Å²) in [6.45, 7) is 3.68. The van der Waals surface area contributed by atoms with Crippen molar-refractivity contribution in [2.75, 3.05) is 26.2 Å². The van der Waals surface area contributed by atoms with E-state index in [4.69, 9.17) is 4.74 Å². The molecule has 3 aliphatic heterocycles. The maximum Gasteiger partial charge on any atom is 0.325 e. The number of urea groups is 1. The lowest BCUT2D eigenvalue weighted by atomic mass is 9.84. The molecule has 0 aliphatic carbocycles. The number of carbonyl (C=O) groups is 3. The fraction of sp³-hybridized carbons (Fsp3) is 0.526. The van der Waals surface area contributed by atoms with E-state index in [2.05, 4.69) is 12.2 Å². The van der Waals surface area contributed by atoms with Gasteiger partial charge in [-0.15, -0.1) is 0 Å². The van der Waals surface area contributed by atoms with Gasteiger partial charge in [0.1, 0.15) is 12.3 Å². The van der Waals surface area contributed by atoms with Crippen LogP contribution in [0.4, 0.5) is 4.79 Å². The van der Waals surface area contributed by atoms with Crippen molar-refractivity contribution < 1.29 is 19.1 Å². The molecule has 1 aromatic rings. The summed E-state index contributed by atoms with van der Waals surface area (Å²) < 4.78 is 5.62. The van der Waals surface area contributed by atoms with Gasteiger partial charge in [0.2, 0.25) is 5.91 Å². The Morgan fingerprint density at radius 3 is 2.77 bits per heavy atom. The van der Waals surface area contributed by atoms with Crippen molar-refractivity contribution in [1.29, 1.82) is 0 Å². The zero-order valence-electron chi connectivity index (χ0n) is 14.9. The number of para-hydroxylation sites is 1. The minimum atomic E-state index is -1.12. The fourth-order valence-electron chi connectivity index (χ4n) is 4.01. The molecule has 0 radical (unpaired) electrons. The fourth-order valence-corrected chi connectivity index (χ4v) is 4.01. The maximum atomic E-state index is 13.1. The van der Waals surface area contributed by atoms with Gasteiger partial charge in [-0.2, -0.15) is 0 Å².